The number of ether oxygens (including phenoxy) is 1. The van der Waals surface area contributed by atoms with Crippen molar-refractivity contribution < 1.29 is 4.74 Å². The Morgan fingerprint density at radius 3 is 2.36 bits per heavy atom. The number of hydrogen-bond acceptors (Lipinski definition) is 3. The van der Waals surface area contributed by atoms with E-state index in [9.17, 15) is 0 Å². The van der Waals surface area contributed by atoms with E-state index >= 15 is 0 Å². The molecule has 1 fully saturated rings. The number of rotatable bonds is 4. The van der Waals surface area contributed by atoms with E-state index in [0.717, 1.165) is 32.8 Å². The van der Waals surface area contributed by atoms with Gasteiger partial charge in [-0.3, -0.25) is 0 Å². The Labute approximate surface area is 133 Å². The van der Waals surface area contributed by atoms with Crippen LogP contribution in [0.3, 0.4) is 0 Å². The highest BCUT2D eigenvalue weighted by atomic mass is 16.5. The fourth-order valence-corrected chi connectivity index (χ4v) is 2.87. The van der Waals surface area contributed by atoms with Crippen molar-refractivity contribution >= 4 is 5.69 Å². The molecule has 0 saturated carbocycles. The highest BCUT2D eigenvalue weighted by molar-refractivity contribution is 5.68. The summed E-state index contributed by atoms with van der Waals surface area (Å²) in [5.74, 6) is 0. The van der Waals surface area contributed by atoms with Crippen LogP contribution in [0, 0.1) is 0 Å². The van der Waals surface area contributed by atoms with Crippen molar-refractivity contribution in [1.29, 1.82) is 0 Å². The van der Waals surface area contributed by atoms with Gasteiger partial charge in [-0.25, -0.2) is 0 Å². The third-order valence-electron chi connectivity index (χ3n) is 4.01. The summed E-state index contributed by atoms with van der Waals surface area (Å²) < 4.78 is 5.44. The minimum Gasteiger partial charge on any atom is -0.378 e. The number of nitrogens with zero attached hydrogens (tertiary/aromatic N) is 2. The zero-order valence-electron chi connectivity index (χ0n) is 13.5. The molecule has 2 aromatic carbocycles. The highest BCUT2D eigenvalue weighted by Crippen LogP contribution is 2.25. The molecule has 1 aliphatic rings. The molecule has 3 nitrogen and oxygen atoms in total. The molecule has 0 unspecified atom stereocenters. The monoisotopic (exact) mass is 296 g/mol. The molecule has 1 aliphatic heterocycles. The smallest absolute Gasteiger partial charge is 0.0642 e. The van der Waals surface area contributed by atoms with Crippen molar-refractivity contribution in [2.24, 2.45) is 0 Å². The molecule has 1 saturated heterocycles. The van der Waals surface area contributed by atoms with Crippen LogP contribution in [0.4, 0.5) is 5.69 Å². The summed E-state index contributed by atoms with van der Waals surface area (Å²) in [6.45, 7) is 4.58. The maximum Gasteiger partial charge on any atom is 0.0642 e. The average molecular weight is 296 g/mol. The molecule has 0 aliphatic carbocycles. The molecule has 3 heteroatoms. The van der Waals surface area contributed by atoms with Gasteiger partial charge in [-0.1, -0.05) is 36.4 Å². The van der Waals surface area contributed by atoms with Gasteiger partial charge in [0.15, 0.2) is 0 Å². The molecule has 3 rings (SSSR count). The van der Waals surface area contributed by atoms with Crippen LogP contribution in [-0.2, 0) is 11.3 Å². The van der Waals surface area contributed by atoms with Crippen LogP contribution < -0.4 is 4.90 Å². The highest BCUT2D eigenvalue weighted by Gasteiger charge is 2.11. The van der Waals surface area contributed by atoms with Gasteiger partial charge in [-0.05, 0) is 42.9 Å². The Bertz CT molecular complexity index is 601. The lowest BCUT2D eigenvalue weighted by Gasteiger charge is -2.29. The second kappa shape index (κ2) is 6.95. The fraction of sp³-hybridized carbons (Fsp3) is 0.368. The molecule has 1 heterocycles. The van der Waals surface area contributed by atoms with Crippen LogP contribution in [-0.4, -0.2) is 45.3 Å². The number of morpholine rings is 1. The van der Waals surface area contributed by atoms with E-state index < -0.39 is 0 Å². The van der Waals surface area contributed by atoms with E-state index in [4.69, 9.17) is 4.74 Å². The first-order valence-electron chi connectivity index (χ1n) is 7.89. The Kier molecular flexibility index (Phi) is 4.76. The molecule has 0 bridgehead atoms. The first-order valence-corrected chi connectivity index (χ1v) is 7.89. The van der Waals surface area contributed by atoms with E-state index in [2.05, 4.69) is 72.4 Å². The summed E-state index contributed by atoms with van der Waals surface area (Å²) in [5.41, 5.74) is 5.19. The van der Waals surface area contributed by atoms with Crippen LogP contribution in [0.15, 0.2) is 48.5 Å². The average Bonchev–Trinajstić information content (AvgIpc) is 2.56. The summed E-state index contributed by atoms with van der Waals surface area (Å²) in [6, 6.07) is 17.7. The third kappa shape index (κ3) is 3.67. The molecule has 0 radical (unpaired) electrons. The number of benzene rings is 2. The fourth-order valence-electron chi connectivity index (χ4n) is 2.87. The van der Waals surface area contributed by atoms with E-state index in [-0.39, 0.29) is 0 Å². The van der Waals surface area contributed by atoms with E-state index in [1.54, 1.807) is 0 Å². The number of anilines is 1. The molecule has 2 aromatic rings. The lowest BCUT2D eigenvalue weighted by molar-refractivity contribution is 0.122. The molecule has 0 aromatic heterocycles. The molecule has 0 atom stereocenters. The predicted octanol–water partition coefficient (Wildman–Crippen LogP) is 3.25. The maximum absolute atomic E-state index is 5.44. The zero-order valence-corrected chi connectivity index (χ0v) is 13.5. The summed E-state index contributed by atoms with van der Waals surface area (Å²) >= 11 is 0. The Morgan fingerprint density at radius 1 is 0.955 bits per heavy atom. The quantitative estimate of drug-likeness (QED) is 0.861. The van der Waals surface area contributed by atoms with Gasteiger partial charge in [0.25, 0.3) is 0 Å². The Hall–Kier alpha value is -1.84. The molecular weight excluding hydrogens is 272 g/mol. The van der Waals surface area contributed by atoms with E-state index in [0.29, 0.717) is 0 Å². The molecule has 116 valence electrons. The van der Waals surface area contributed by atoms with Gasteiger partial charge in [0.1, 0.15) is 0 Å². The van der Waals surface area contributed by atoms with Crippen LogP contribution >= 0.6 is 0 Å². The lowest BCUT2D eigenvalue weighted by Crippen LogP contribution is -2.36. The van der Waals surface area contributed by atoms with Crippen molar-refractivity contribution in [3.8, 4) is 11.1 Å². The normalized spacial score (nSPS) is 15.3. The van der Waals surface area contributed by atoms with Crippen LogP contribution in [0.2, 0.25) is 0 Å². The molecular formula is C19H24N2O. The largest absolute Gasteiger partial charge is 0.378 e. The topological polar surface area (TPSA) is 15.7 Å². The van der Waals surface area contributed by atoms with Crippen LogP contribution in [0.1, 0.15) is 5.56 Å². The summed E-state index contributed by atoms with van der Waals surface area (Å²) in [6.07, 6.45) is 0. The lowest BCUT2D eigenvalue weighted by atomic mass is 10.0. The summed E-state index contributed by atoms with van der Waals surface area (Å²) in [5, 5.41) is 0. The van der Waals surface area contributed by atoms with Crippen molar-refractivity contribution in [2.45, 2.75) is 6.54 Å². The van der Waals surface area contributed by atoms with Gasteiger partial charge in [-0.15, -0.1) is 0 Å². The number of hydrogen-bond donors (Lipinski definition) is 0. The van der Waals surface area contributed by atoms with Gasteiger partial charge in [0.05, 0.1) is 13.2 Å². The van der Waals surface area contributed by atoms with Gasteiger partial charge in [0, 0.05) is 25.3 Å². The zero-order chi connectivity index (χ0) is 15.4. The van der Waals surface area contributed by atoms with Crippen molar-refractivity contribution in [3.63, 3.8) is 0 Å². The molecule has 0 spiro atoms. The van der Waals surface area contributed by atoms with Crippen LogP contribution in [0.5, 0.6) is 0 Å². The minimum atomic E-state index is 0.823. The SMILES string of the molecule is CN(C)Cc1ccc(-c2cccc(N3CCOCC3)c2)cc1. The maximum atomic E-state index is 5.44. The molecule has 0 amide bonds. The first-order chi connectivity index (χ1) is 10.7. The minimum absolute atomic E-state index is 0.823. The molecule has 0 N–H and O–H groups in total. The standard InChI is InChI=1S/C19H24N2O/c1-20(2)15-16-6-8-17(9-7-16)18-4-3-5-19(14-18)21-10-12-22-13-11-21/h3-9,14H,10-13,15H2,1-2H3. The van der Waals surface area contributed by atoms with Gasteiger partial charge in [0.2, 0.25) is 0 Å². The van der Waals surface area contributed by atoms with Crippen molar-refractivity contribution in [3.05, 3.63) is 54.1 Å². The summed E-state index contributed by atoms with van der Waals surface area (Å²) in [4.78, 5) is 4.58. The Balaban J connectivity index is 1.79. The summed E-state index contributed by atoms with van der Waals surface area (Å²) in [7, 11) is 4.19. The van der Waals surface area contributed by atoms with Gasteiger partial charge < -0.3 is 14.5 Å². The second-order valence-corrected chi connectivity index (χ2v) is 6.08. The predicted molar refractivity (Wildman–Crippen MR) is 92.3 cm³/mol. The van der Waals surface area contributed by atoms with E-state index in [1.165, 1.54) is 22.4 Å². The first kappa shape index (κ1) is 15.1. The van der Waals surface area contributed by atoms with Gasteiger partial charge >= 0.3 is 0 Å². The Morgan fingerprint density at radius 2 is 1.68 bits per heavy atom. The van der Waals surface area contributed by atoms with Crippen molar-refractivity contribution in [2.75, 3.05) is 45.3 Å². The van der Waals surface area contributed by atoms with Gasteiger partial charge in [-0.2, -0.15) is 0 Å². The second-order valence-electron chi connectivity index (χ2n) is 6.08. The third-order valence-corrected chi connectivity index (χ3v) is 4.01. The van der Waals surface area contributed by atoms with E-state index in [1.807, 2.05) is 0 Å². The van der Waals surface area contributed by atoms with Crippen molar-refractivity contribution in [1.82, 2.24) is 4.90 Å². The van der Waals surface area contributed by atoms with Crippen LogP contribution in [0.25, 0.3) is 11.1 Å². The molecule has 22 heavy (non-hydrogen) atoms.